The molecule has 4 aromatic rings. The molecule has 0 saturated carbocycles. The number of benzene rings is 3. The second-order valence-electron chi connectivity index (χ2n) is 7.52. The van der Waals surface area contributed by atoms with Crippen LogP contribution in [-0.2, 0) is 11.2 Å². The minimum Gasteiger partial charge on any atom is -0.272 e. The molecule has 3 aromatic carbocycles. The van der Waals surface area contributed by atoms with Crippen molar-refractivity contribution in [3.05, 3.63) is 95.6 Å². The quantitative estimate of drug-likeness (QED) is 0.229. The molecule has 0 aliphatic heterocycles. The highest BCUT2D eigenvalue weighted by atomic mass is 32.2. The molecule has 0 aliphatic carbocycles. The van der Waals surface area contributed by atoms with Gasteiger partial charge < -0.3 is 0 Å². The van der Waals surface area contributed by atoms with Crippen LogP contribution in [0.1, 0.15) is 23.6 Å². The lowest BCUT2D eigenvalue weighted by Crippen LogP contribution is -2.20. The third kappa shape index (κ3) is 5.75. The average molecular weight is 456 g/mol. The summed E-state index contributed by atoms with van der Waals surface area (Å²) in [5.74, 6) is 0.697. The summed E-state index contributed by atoms with van der Waals surface area (Å²) in [5, 5.41) is 13.5. The van der Waals surface area contributed by atoms with Crippen LogP contribution in [0.4, 0.5) is 0 Å². The van der Waals surface area contributed by atoms with E-state index in [1.165, 1.54) is 22.9 Å². The maximum Gasteiger partial charge on any atom is 0.250 e. The number of hydrogen-bond donors (Lipinski definition) is 1. The summed E-state index contributed by atoms with van der Waals surface area (Å²) in [4.78, 5) is 12.4. The van der Waals surface area contributed by atoms with Crippen molar-refractivity contribution in [3.8, 4) is 17.1 Å². The lowest BCUT2D eigenvalue weighted by Gasteiger charge is -2.10. The second kappa shape index (κ2) is 10.7. The zero-order valence-corrected chi connectivity index (χ0v) is 19.4. The molecule has 7 heteroatoms. The van der Waals surface area contributed by atoms with Gasteiger partial charge in [0.25, 0.3) is 5.91 Å². The van der Waals surface area contributed by atoms with Gasteiger partial charge in [0.1, 0.15) is 0 Å². The van der Waals surface area contributed by atoms with Gasteiger partial charge in [0.2, 0.25) is 0 Å². The van der Waals surface area contributed by atoms with Gasteiger partial charge in [0, 0.05) is 11.3 Å². The Hall–Kier alpha value is -3.71. The molecule has 166 valence electrons. The number of thioether (sulfide) groups is 1. The highest BCUT2D eigenvalue weighted by molar-refractivity contribution is 7.99. The van der Waals surface area contributed by atoms with Crippen molar-refractivity contribution < 1.29 is 4.79 Å². The Morgan fingerprint density at radius 3 is 2.42 bits per heavy atom. The highest BCUT2D eigenvalue weighted by Gasteiger charge is 2.17. The Kier molecular flexibility index (Phi) is 7.32. The molecule has 0 fully saturated rings. The minimum atomic E-state index is -0.207. The Morgan fingerprint density at radius 1 is 1.00 bits per heavy atom. The number of nitrogens with one attached hydrogen (secondary N) is 1. The van der Waals surface area contributed by atoms with Crippen LogP contribution in [0, 0.1) is 6.92 Å². The molecule has 0 radical (unpaired) electrons. The van der Waals surface area contributed by atoms with Crippen LogP contribution in [0.5, 0.6) is 0 Å². The fourth-order valence-corrected chi connectivity index (χ4v) is 3.99. The van der Waals surface area contributed by atoms with Gasteiger partial charge in [-0.25, -0.2) is 5.43 Å². The van der Waals surface area contributed by atoms with Crippen molar-refractivity contribution in [3.63, 3.8) is 0 Å². The highest BCUT2D eigenvalue weighted by Crippen LogP contribution is 2.28. The van der Waals surface area contributed by atoms with Gasteiger partial charge in [0.15, 0.2) is 11.0 Å². The summed E-state index contributed by atoms with van der Waals surface area (Å²) in [6, 6.07) is 26.1. The van der Waals surface area contributed by atoms with E-state index in [-0.39, 0.29) is 11.7 Å². The van der Waals surface area contributed by atoms with E-state index in [2.05, 4.69) is 39.8 Å². The van der Waals surface area contributed by atoms with Crippen LogP contribution >= 0.6 is 11.8 Å². The summed E-state index contributed by atoms with van der Waals surface area (Å²) < 4.78 is 1.98. The Balaban J connectivity index is 1.47. The monoisotopic (exact) mass is 455 g/mol. The third-order valence-corrected chi connectivity index (χ3v) is 6.01. The van der Waals surface area contributed by atoms with E-state index in [0.717, 1.165) is 29.1 Å². The zero-order chi connectivity index (χ0) is 23.0. The SMILES string of the molecule is CCc1ccc(/C=N/NC(=O)CSc2nnc(-c3ccccc3)n2-c2ccc(C)cc2)cc1. The Morgan fingerprint density at radius 2 is 1.73 bits per heavy atom. The predicted octanol–water partition coefficient (Wildman–Crippen LogP) is 5.05. The van der Waals surface area contributed by atoms with Crippen molar-refractivity contribution in [1.82, 2.24) is 20.2 Å². The smallest absolute Gasteiger partial charge is 0.250 e. The molecule has 1 heterocycles. The third-order valence-electron chi connectivity index (χ3n) is 5.08. The Labute approximate surface area is 197 Å². The van der Waals surface area contributed by atoms with E-state index in [1.807, 2.05) is 78.2 Å². The van der Waals surface area contributed by atoms with E-state index in [9.17, 15) is 4.79 Å². The predicted molar refractivity (Wildman–Crippen MR) is 134 cm³/mol. The number of carbonyl (C=O) groups is 1. The van der Waals surface area contributed by atoms with Crippen LogP contribution in [-0.4, -0.2) is 32.6 Å². The molecule has 0 atom stereocenters. The number of nitrogens with zero attached hydrogens (tertiary/aromatic N) is 4. The standard InChI is InChI=1S/C26H25N5OS/c1-3-20-11-13-21(14-12-20)17-27-28-24(32)18-33-26-30-29-25(22-7-5-4-6-8-22)31(26)23-15-9-19(2)10-16-23/h4-17H,3,18H2,1-2H3,(H,28,32)/b27-17+. The first-order valence-electron chi connectivity index (χ1n) is 10.8. The van der Waals surface area contributed by atoms with Crippen LogP contribution in [0.15, 0.2) is 89.1 Å². The molecule has 0 saturated heterocycles. The van der Waals surface area contributed by atoms with E-state index in [0.29, 0.717) is 5.16 Å². The van der Waals surface area contributed by atoms with E-state index < -0.39 is 0 Å². The van der Waals surface area contributed by atoms with Gasteiger partial charge in [-0.15, -0.1) is 10.2 Å². The maximum absolute atomic E-state index is 12.4. The van der Waals surface area contributed by atoms with Crippen molar-refractivity contribution in [2.45, 2.75) is 25.4 Å². The number of hydrazone groups is 1. The topological polar surface area (TPSA) is 72.2 Å². The van der Waals surface area contributed by atoms with Gasteiger partial charge in [-0.1, -0.05) is 91.0 Å². The number of carbonyl (C=O) groups excluding carboxylic acids is 1. The molecular weight excluding hydrogens is 430 g/mol. The van der Waals surface area contributed by atoms with Gasteiger partial charge in [-0.2, -0.15) is 5.10 Å². The molecule has 0 bridgehead atoms. The number of aromatic nitrogens is 3. The van der Waals surface area contributed by atoms with Crippen LogP contribution in [0.3, 0.4) is 0 Å². The molecule has 1 aromatic heterocycles. The Bertz CT molecular complexity index is 1230. The molecule has 33 heavy (non-hydrogen) atoms. The lowest BCUT2D eigenvalue weighted by molar-refractivity contribution is -0.118. The van der Waals surface area contributed by atoms with Crippen molar-refractivity contribution in [1.29, 1.82) is 0 Å². The normalized spacial score (nSPS) is 11.1. The summed E-state index contributed by atoms with van der Waals surface area (Å²) in [6.45, 7) is 4.16. The number of hydrogen-bond acceptors (Lipinski definition) is 5. The number of amides is 1. The largest absolute Gasteiger partial charge is 0.272 e. The summed E-state index contributed by atoms with van der Waals surface area (Å²) >= 11 is 1.32. The molecule has 6 nitrogen and oxygen atoms in total. The fraction of sp³-hybridized carbons (Fsp3) is 0.154. The first-order chi connectivity index (χ1) is 16.1. The van der Waals surface area contributed by atoms with Crippen molar-refractivity contribution in [2.24, 2.45) is 5.10 Å². The molecule has 0 aliphatic rings. The van der Waals surface area contributed by atoms with Crippen molar-refractivity contribution in [2.75, 3.05) is 5.75 Å². The fourth-order valence-electron chi connectivity index (χ4n) is 3.24. The average Bonchev–Trinajstić information content (AvgIpc) is 3.28. The number of rotatable bonds is 8. The lowest BCUT2D eigenvalue weighted by atomic mass is 10.1. The van der Waals surface area contributed by atoms with Gasteiger partial charge in [0.05, 0.1) is 12.0 Å². The minimum absolute atomic E-state index is 0.172. The van der Waals surface area contributed by atoms with Crippen molar-refractivity contribution >= 4 is 23.9 Å². The van der Waals surface area contributed by atoms with Gasteiger partial charge in [-0.05, 0) is 36.6 Å². The molecule has 1 N–H and O–H groups in total. The van der Waals surface area contributed by atoms with E-state index in [1.54, 1.807) is 6.21 Å². The van der Waals surface area contributed by atoms with E-state index in [4.69, 9.17) is 0 Å². The van der Waals surface area contributed by atoms with Crippen LogP contribution in [0.25, 0.3) is 17.1 Å². The molecule has 1 amide bonds. The van der Waals surface area contributed by atoms with Gasteiger partial charge >= 0.3 is 0 Å². The summed E-state index contributed by atoms with van der Waals surface area (Å²) in [7, 11) is 0. The maximum atomic E-state index is 12.4. The van der Waals surface area contributed by atoms with Crippen LogP contribution < -0.4 is 5.43 Å². The van der Waals surface area contributed by atoms with Gasteiger partial charge in [-0.3, -0.25) is 9.36 Å². The van der Waals surface area contributed by atoms with Crippen LogP contribution in [0.2, 0.25) is 0 Å². The summed E-state index contributed by atoms with van der Waals surface area (Å²) in [6.07, 6.45) is 2.63. The molecular formula is C26H25N5OS. The zero-order valence-electron chi connectivity index (χ0n) is 18.6. The second-order valence-corrected chi connectivity index (χ2v) is 8.46. The molecule has 0 spiro atoms. The molecule has 4 rings (SSSR count). The molecule has 0 unspecified atom stereocenters. The first kappa shape index (κ1) is 22.5. The summed E-state index contributed by atoms with van der Waals surface area (Å²) in [5.41, 5.74) is 7.86. The first-order valence-corrected chi connectivity index (χ1v) is 11.7. The number of aryl methyl sites for hydroxylation is 2. The van der Waals surface area contributed by atoms with E-state index >= 15 is 0 Å².